The van der Waals surface area contributed by atoms with E-state index in [1.807, 2.05) is 0 Å². The van der Waals surface area contributed by atoms with Gasteiger partial charge in [-0.05, 0) is 12.1 Å². The van der Waals surface area contributed by atoms with E-state index in [2.05, 4.69) is 0 Å². The Morgan fingerprint density at radius 3 is 2.79 bits per heavy atom. The van der Waals surface area contributed by atoms with E-state index >= 15 is 0 Å². The minimum atomic E-state index is -0.547. The van der Waals surface area contributed by atoms with Crippen molar-refractivity contribution in [2.45, 2.75) is 0 Å². The first-order valence-electron chi connectivity index (χ1n) is 3.71. The number of thiophene rings is 1. The van der Waals surface area contributed by atoms with Crippen molar-refractivity contribution >= 4 is 32.1 Å². The lowest BCUT2D eigenvalue weighted by Gasteiger charge is -1.94. The van der Waals surface area contributed by atoms with E-state index in [-0.39, 0.29) is 10.7 Å². The first-order valence-corrected chi connectivity index (χ1v) is 4.52. The molecule has 0 aliphatic heterocycles. The summed E-state index contributed by atoms with van der Waals surface area (Å²) < 4.78 is 13.5. The van der Waals surface area contributed by atoms with Crippen LogP contribution < -0.4 is 5.73 Å². The van der Waals surface area contributed by atoms with Crippen LogP contribution in [0.3, 0.4) is 0 Å². The lowest BCUT2D eigenvalue weighted by molar-refractivity contribution is -0.380. The van der Waals surface area contributed by atoms with Gasteiger partial charge in [-0.15, -0.1) is 0 Å². The summed E-state index contributed by atoms with van der Waals surface area (Å²) in [4.78, 5) is 9.93. The molecule has 6 heteroatoms. The van der Waals surface area contributed by atoms with Crippen molar-refractivity contribution in [2.24, 2.45) is 0 Å². The summed E-state index contributed by atoms with van der Waals surface area (Å²) in [6.07, 6.45) is 0. The predicted octanol–water partition coefficient (Wildman–Crippen LogP) is 2.53. The molecule has 0 aliphatic carbocycles. The van der Waals surface area contributed by atoms with Crippen LogP contribution in [0.4, 0.5) is 15.1 Å². The molecule has 0 unspecified atom stereocenters. The van der Waals surface area contributed by atoms with Gasteiger partial charge in [0.25, 0.3) is 0 Å². The highest BCUT2D eigenvalue weighted by Gasteiger charge is 2.12. The molecule has 0 aliphatic rings. The van der Waals surface area contributed by atoms with E-state index < -0.39 is 10.7 Å². The lowest BCUT2D eigenvalue weighted by Crippen LogP contribution is -1.88. The van der Waals surface area contributed by atoms with Gasteiger partial charge < -0.3 is 5.73 Å². The summed E-state index contributed by atoms with van der Waals surface area (Å²) in [7, 11) is 0. The molecule has 0 spiro atoms. The minimum absolute atomic E-state index is 0.00481. The zero-order valence-electron chi connectivity index (χ0n) is 6.86. The maximum Gasteiger partial charge on any atom is 0.325 e. The van der Waals surface area contributed by atoms with Gasteiger partial charge in [0.2, 0.25) is 0 Å². The van der Waals surface area contributed by atoms with Crippen LogP contribution in [-0.2, 0) is 0 Å². The van der Waals surface area contributed by atoms with Crippen LogP contribution in [0.15, 0.2) is 18.2 Å². The summed E-state index contributed by atoms with van der Waals surface area (Å²) in [6.45, 7) is 0. The molecule has 14 heavy (non-hydrogen) atoms. The highest BCUT2D eigenvalue weighted by Crippen LogP contribution is 2.33. The minimum Gasteiger partial charge on any atom is -0.396 e. The first kappa shape index (κ1) is 8.89. The van der Waals surface area contributed by atoms with Crippen LogP contribution in [0, 0.1) is 15.9 Å². The monoisotopic (exact) mass is 212 g/mol. The van der Waals surface area contributed by atoms with Gasteiger partial charge in [-0.3, -0.25) is 10.1 Å². The summed E-state index contributed by atoms with van der Waals surface area (Å²) in [5.41, 5.74) is 5.34. The second-order valence-corrected chi connectivity index (χ2v) is 3.82. The van der Waals surface area contributed by atoms with Crippen LogP contribution in [0.1, 0.15) is 0 Å². The Labute approximate surface area is 81.9 Å². The van der Waals surface area contributed by atoms with Crippen molar-refractivity contribution in [1.29, 1.82) is 0 Å². The zero-order chi connectivity index (χ0) is 10.3. The molecule has 0 bridgehead atoms. The number of nitro groups is 1. The average Bonchev–Trinajstić information content (AvgIpc) is 2.48. The zero-order valence-corrected chi connectivity index (χ0v) is 7.68. The van der Waals surface area contributed by atoms with E-state index in [1.54, 1.807) is 0 Å². The van der Waals surface area contributed by atoms with Gasteiger partial charge in [0.1, 0.15) is 5.82 Å². The SMILES string of the molecule is Nc1cc2cc([N+](=O)[O-])sc2cc1F. The smallest absolute Gasteiger partial charge is 0.325 e. The molecule has 0 saturated heterocycles. The van der Waals surface area contributed by atoms with E-state index in [0.717, 1.165) is 11.3 Å². The maximum atomic E-state index is 13.0. The number of fused-ring (bicyclic) bond motifs is 1. The third kappa shape index (κ3) is 1.29. The Bertz CT molecular complexity index is 484. The number of anilines is 1. The molecule has 0 atom stereocenters. The largest absolute Gasteiger partial charge is 0.396 e. The molecule has 0 radical (unpaired) electrons. The van der Waals surface area contributed by atoms with Gasteiger partial charge in [-0.25, -0.2) is 4.39 Å². The summed E-state index contributed by atoms with van der Waals surface area (Å²) >= 11 is 0.934. The molecule has 1 aromatic heterocycles. The van der Waals surface area contributed by atoms with E-state index in [1.165, 1.54) is 18.2 Å². The van der Waals surface area contributed by atoms with E-state index in [9.17, 15) is 14.5 Å². The Hall–Kier alpha value is -1.69. The molecular weight excluding hydrogens is 207 g/mol. The van der Waals surface area contributed by atoms with Gasteiger partial charge in [0.05, 0.1) is 10.6 Å². The molecule has 4 nitrogen and oxygen atoms in total. The normalized spacial score (nSPS) is 10.6. The summed E-state index contributed by atoms with van der Waals surface area (Å²) in [5, 5.41) is 11.0. The fourth-order valence-electron chi connectivity index (χ4n) is 1.16. The first-order chi connectivity index (χ1) is 6.58. The summed E-state index contributed by atoms with van der Waals surface area (Å²) in [6, 6.07) is 3.99. The molecule has 0 amide bonds. The molecule has 1 heterocycles. The fraction of sp³-hybridized carbons (Fsp3) is 0. The maximum absolute atomic E-state index is 13.0. The second kappa shape index (κ2) is 2.91. The molecule has 0 saturated carbocycles. The van der Waals surface area contributed by atoms with E-state index in [4.69, 9.17) is 5.73 Å². The Balaban J connectivity index is 2.72. The molecule has 2 aromatic rings. The number of nitrogens with two attached hydrogens (primary N) is 1. The Morgan fingerprint density at radius 1 is 1.43 bits per heavy atom. The van der Waals surface area contributed by atoms with Crippen LogP contribution in [0.25, 0.3) is 10.1 Å². The van der Waals surface area contributed by atoms with Gasteiger partial charge in [0, 0.05) is 16.2 Å². The van der Waals surface area contributed by atoms with Crippen molar-refractivity contribution < 1.29 is 9.31 Å². The molecule has 2 N–H and O–H groups in total. The molecule has 2 rings (SSSR count). The Morgan fingerprint density at radius 2 is 2.14 bits per heavy atom. The van der Waals surface area contributed by atoms with Crippen LogP contribution in [0.5, 0.6) is 0 Å². The number of nitrogens with zero attached hydrogens (tertiary/aromatic N) is 1. The topological polar surface area (TPSA) is 69.2 Å². The number of nitrogen functional groups attached to an aromatic ring is 1. The van der Waals surface area contributed by atoms with Crippen molar-refractivity contribution in [2.75, 3.05) is 5.73 Å². The average molecular weight is 212 g/mol. The Kier molecular flexibility index (Phi) is 1.85. The quantitative estimate of drug-likeness (QED) is 0.448. The fourth-order valence-corrected chi connectivity index (χ4v) is 2.04. The number of halogens is 1. The van der Waals surface area contributed by atoms with E-state index in [0.29, 0.717) is 10.1 Å². The molecule has 72 valence electrons. The van der Waals surface area contributed by atoms with Crippen molar-refractivity contribution in [3.8, 4) is 0 Å². The number of hydrogen-bond acceptors (Lipinski definition) is 4. The van der Waals surface area contributed by atoms with Gasteiger partial charge in [-0.1, -0.05) is 11.3 Å². The molecular formula is C8H5FN2O2S. The van der Waals surface area contributed by atoms with Crippen LogP contribution in [0.2, 0.25) is 0 Å². The second-order valence-electron chi connectivity index (χ2n) is 2.75. The third-order valence-corrected chi connectivity index (χ3v) is 2.85. The number of rotatable bonds is 1. The van der Waals surface area contributed by atoms with Crippen LogP contribution in [-0.4, -0.2) is 4.92 Å². The third-order valence-electron chi connectivity index (χ3n) is 1.80. The van der Waals surface area contributed by atoms with Gasteiger partial charge in [-0.2, -0.15) is 0 Å². The molecule has 1 aromatic carbocycles. The van der Waals surface area contributed by atoms with Gasteiger partial charge in [0.15, 0.2) is 0 Å². The highest BCUT2D eigenvalue weighted by molar-refractivity contribution is 7.22. The summed E-state index contributed by atoms with van der Waals surface area (Å²) in [5.74, 6) is -0.547. The van der Waals surface area contributed by atoms with Crippen LogP contribution >= 0.6 is 11.3 Å². The number of benzene rings is 1. The predicted molar refractivity (Wildman–Crippen MR) is 52.8 cm³/mol. The van der Waals surface area contributed by atoms with Crippen molar-refractivity contribution in [3.05, 3.63) is 34.1 Å². The van der Waals surface area contributed by atoms with Crippen molar-refractivity contribution in [1.82, 2.24) is 0 Å². The number of hydrogen-bond donors (Lipinski definition) is 1. The standard InChI is InChI=1S/C8H5FN2O2S/c9-5-3-7-4(1-6(5)10)2-8(14-7)11(12)13/h1-3H,10H2. The highest BCUT2D eigenvalue weighted by atomic mass is 32.1. The lowest BCUT2D eigenvalue weighted by atomic mass is 10.2. The van der Waals surface area contributed by atoms with Crippen molar-refractivity contribution in [3.63, 3.8) is 0 Å². The molecule has 0 fully saturated rings. The van der Waals surface area contributed by atoms with Gasteiger partial charge >= 0.3 is 5.00 Å².